The molecule has 4 nitrogen and oxygen atoms in total. The molecule has 0 aliphatic carbocycles. The summed E-state index contributed by atoms with van der Waals surface area (Å²) in [6.45, 7) is 2.62. The number of para-hydroxylation sites is 2. The summed E-state index contributed by atoms with van der Waals surface area (Å²) in [6.07, 6.45) is 1.08. The number of carbonyl (C=O) groups is 1. The van der Waals surface area contributed by atoms with E-state index in [1.807, 2.05) is 31.2 Å². The molecule has 0 radical (unpaired) electrons. The Bertz CT molecular complexity index is 542. The van der Waals surface area contributed by atoms with E-state index < -0.39 is 0 Å². The van der Waals surface area contributed by atoms with Crippen molar-refractivity contribution in [1.29, 1.82) is 0 Å². The van der Waals surface area contributed by atoms with Crippen LogP contribution in [0.1, 0.15) is 19.2 Å². The van der Waals surface area contributed by atoms with Crippen LogP contribution < -0.4 is 0 Å². The molecule has 94 valence electrons. The summed E-state index contributed by atoms with van der Waals surface area (Å²) in [5.41, 5.74) is 1.53. The quantitative estimate of drug-likeness (QED) is 0.833. The minimum absolute atomic E-state index is 0.0139. The summed E-state index contributed by atoms with van der Waals surface area (Å²) in [5, 5.41) is 0. The van der Waals surface area contributed by atoms with E-state index in [0.29, 0.717) is 12.5 Å². The summed E-state index contributed by atoms with van der Waals surface area (Å²) in [6, 6.07) is 7.54. The number of hydrogen-bond donors (Lipinski definition) is 0. The van der Waals surface area contributed by atoms with Crippen molar-refractivity contribution < 1.29 is 13.9 Å². The predicted octanol–water partition coefficient (Wildman–Crippen LogP) is 2.36. The van der Waals surface area contributed by atoms with Gasteiger partial charge in [-0.2, -0.15) is 0 Å². The Morgan fingerprint density at radius 1 is 1.44 bits per heavy atom. The van der Waals surface area contributed by atoms with Gasteiger partial charge in [-0.25, -0.2) is 4.98 Å². The van der Waals surface area contributed by atoms with Crippen LogP contribution in [0, 0.1) is 5.92 Å². The van der Waals surface area contributed by atoms with Crippen LogP contribution in [0.4, 0.5) is 0 Å². The number of hydrogen-bond acceptors (Lipinski definition) is 4. The summed E-state index contributed by atoms with van der Waals surface area (Å²) < 4.78 is 11.0. The van der Waals surface area contributed by atoms with Gasteiger partial charge in [0, 0.05) is 12.5 Å². The van der Waals surface area contributed by atoms with E-state index >= 15 is 0 Å². The minimum atomic E-state index is -0.0139. The molecule has 2 aromatic rings. The molecule has 1 fully saturated rings. The van der Waals surface area contributed by atoms with Gasteiger partial charge < -0.3 is 9.15 Å². The molecule has 0 spiro atoms. The van der Waals surface area contributed by atoms with Crippen LogP contribution >= 0.6 is 0 Å². The average molecular weight is 245 g/mol. The molecular formula is C14H15NO3. The third-order valence-corrected chi connectivity index (χ3v) is 3.45. The molecular weight excluding hydrogens is 230 g/mol. The second-order valence-corrected chi connectivity index (χ2v) is 4.69. The minimum Gasteiger partial charge on any atom is -0.440 e. The van der Waals surface area contributed by atoms with Crippen molar-refractivity contribution in [3.05, 3.63) is 30.2 Å². The summed E-state index contributed by atoms with van der Waals surface area (Å²) in [5.74, 6) is 0.645. The molecule has 0 saturated carbocycles. The molecule has 1 saturated heterocycles. The van der Waals surface area contributed by atoms with Gasteiger partial charge in [-0.3, -0.25) is 4.79 Å². The Kier molecular flexibility index (Phi) is 2.88. The zero-order chi connectivity index (χ0) is 12.5. The van der Waals surface area contributed by atoms with Crippen molar-refractivity contribution in [2.24, 2.45) is 5.92 Å². The van der Waals surface area contributed by atoms with E-state index in [9.17, 15) is 4.79 Å². The lowest BCUT2D eigenvalue weighted by molar-refractivity contribution is -0.123. The van der Waals surface area contributed by atoms with Crippen LogP contribution in [0.25, 0.3) is 11.1 Å². The normalized spacial score (nSPS) is 23.6. The highest BCUT2D eigenvalue weighted by molar-refractivity contribution is 5.84. The fourth-order valence-electron chi connectivity index (χ4n) is 2.43. The molecule has 2 heterocycles. The number of aromatic nitrogens is 1. The zero-order valence-corrected chi connectivity index (χ0v) is 10.3. The van der Waals surface area contributed by atoms with E-state index in [4.69, 9.17) is 9.15 Å². The van der Waals surface area contributed by atoms with Gasteiger partial charge in [-0.15, -0.1) is 0 Å². The third-order valence-electron chi connectivity index (χ3n) is 3.45. The van der Waals surface area contributed by atoms with Crippen LogP contribution in [0.15, 0.2) is 28.7 Å². The SMILES string of the molecule is CC1OCCC1C(=O)Cc1nc2ccccc2o1. The first-order chi connectivity index (χ1) is 8.74. The first kappa shape index (κ1) is 11.4. The number of carbonyl (C=O) groups excluding carboxylic acids is 1. The maximum absolute atomic E-state index is 12.1. The van der Waals surface area contributed by atoms with Crippen LogP contribution in [0.5, 0.6) is 0 Å². The number of benzene rings is 1. The molecule has 18 heavy (non-hydrogen) atoms. The van der Waals surface area contributed by atoms with Gasteiger partial charge >= 0.3 is 0 Å². The van der Waals surface area contributed by atoms with Gasteiger partial charge in [0.05, 0.1) is 12.5 Å². The molecule has 1 aromatic heterocycles. The largest absolute Gasteiger partial charge is 0.440 e. The number of Topliss-reactive ketones (excluding diaryl/α,β-unsaturated/α-hetero) is 1. The smallest absolute Gasteiger partial charge is 0.202 e. The summed E-state index contributed by atoms with van der Waals surface area (Å²) in [4.78, 5) is 16.4. The highest BCUT2D eigenvalue weighted by atomic mass is 16.5. The first-order valence-corrected chi connectivity index (χ1v) is 6.23. The molecule has 0 amide bonds. The molecule has 1 aromatic carbocycles. The fourth-order valence-corrected chi connectivity index (χ4v) is 2.43. The maximum atomic E-state index is 12.1. The van der Waals surface area contributed by atoms with Crippen molar-refractivity contribution in [1.82, 2.24) is 4.98 Å². The molecule has 1 aliphatic heterocycles. The first-order valence-electron chi connectivity index (χ1n) is 6.23. The number of rotatable bonds is 3. The topological polar surface area (TPSA) is 52.3 Å². The van der Waals surface area contributed by atoms with E-state index in [1.165, 1.54) is 0 Å². The lowest BCUT2D eigenvalue weighted by atomic mass is 9.95. The van der Waals surface area contributed by atoms with E-state index in [1.54, 1.807) is 0 Å². The van der Waals surface area contributed by atoms with Crippen LogP contribution in [-0.2, 0) is 16.0 Å². The fraction of sp³-hybridized carbons (Fsp3) is 0.429. The molecule has 0 N–H and O–H groups in total. The van der Waals surface area contributed by atoms with Gasteiger partial charge in [0.2, 0.25) is 5.89 Å². The standard InChI is InChI=1S/C14H15NO3/c1-9-10(6-7-17-9)12(16)8-14-15-11-4-2-3-5-13(11)18-14/h2-5,9-10H,6-8H2,1H3. The number of ketones is 1. The lowest BCUT2D eigenvalue weighted by Gasteiger charge is -2.10. The molecule has 2 unspecified atom stereocenters. The van der Waals surface area contributed by atoms with Gasteiger partial charge in [0.15, 0.2) is 5.58 Å². The van der Waals surface area contributed by atoms with Crippen molar-refractivity contribution >= 4 is 16.9 Å². The van der Waals surface area contributed by atoms with Crippen LogP contribution in [0.3, 0.4) is 0 Å². The second kappa shape index (κ2) is 4.53. The third kappa shape index (κ3) is 2.04. The highest BCUT2D eigenvalue weighted by Gasteiger charge is 2.31. The molecule has 3 rings (SSSR count). The second-order valence-electron chi connectivity index (χ2n) is 4.69. The maximum Gasteiger partial charge on any atom is 0.202 e. The number of fused-ring (bicyclic) bond motifs is 1. The zero-order valence-electron chi connectivity index (χ0n) is 10.3. The monoisotopic (exact) mass is 245 g/mol. The van der Waals surface area contributed by atoms with Gasteiger partial charge in [0.1, 0.15) is 11.3 Å². The number of oxazole rings is 1. The van der Waals surface area contributed by atoms with Crippen molar-refractivity contribution in [2.75, 3.05) is 6.61 Å². The lowest BCUT2D eigenvalue weighted by Crippen LogP contribution is -2.23. The number of ether oxygens (including phenoxy) is 1. The van der Waals surface area contributed by atoms with Crippen LogP contribution in [-0.4, -0.2) is 23.5 Å². The Hall–Kier alpha value is -1.68. The van der Waals surface area contributed by atoms with Gasteiger partial charge in [-0.05, 0) is 25.5 Å². The average Bonchev–Trinajstić information content (AvgIpc) is 2.94. The highest BCUT2D eigenvalue weighted by Crippen LogP contribution is 2.23. The van der Waals surface area contributed by atoms with Crippen molar-refractivity contribution in [2.45, 2.75) is 25.9 Å². The molecule has 2 atom stereocenters. The molecule has 0 bridgehead atoms. The predicted molar refractivity (Wildman–Crippen MR) is 66.2 cm³/mol. The Labute approximate surface area is 105 Å². The van der Waals surface area contributed by atoms with Crippen LogP contribution in [0.2, 0.25) is 0 Å². The van der Waals surface area contributed by atoms with E-state index in [-0.39, 0.29) is 24.2 Å². The summed E-state index contributed by atoms with van der Waals surface area (Å²) in [7, 11) is 0. The Morgan fingerprint density at radius 2 is 2.28 bits per heavy atom. The summed E-state index contributed by atoms with van der Waals surface area (Å²) >= 11 is 0. The van der Waals surface area contributed by atoms with Gasteiger partial charge in [0.25, 0.3) is 0 Å². The van der Waals surface area contributed by atoms with Crippen molar-refractivity contribution in [3.8, 4) is 0 Å². The molecule has 4 heteroatoms. The van der Waals surface area contributed by atoms with E-state index in [0.717, 1.165) is 17.5 Å². The Morgan fingerprint density at radius 3 is 3.00 bits per heavy atom. The van der Waals surface area contributed by atoms with Crippen molar-refractivity contribution in [3.63, 3.8) is 0 Å². The number of nitrogens with zero attached hydrogens (tertiary/aromatic N) is 1. The Balaban J connectivity index is 1.77. The van der Waals surface area contributed by atoms with Gasteiger partial charge in [-0.1, -0.05) is 12.1 Å². The van der Waals surface area contributed by atoms with E-state index in [2.05, 4.69) is 4.98 Å². The molecule has 1 aliphatic rings.